The van der Waals surface area contributed by atoms with E-state index >= 15 is 0 Å². The van der Waals surface area contributed by atoms with Gasteiger partial charge in [-0.05, 0) is 46.8 Å². The number of nitrogens with one attached hydrogen (secondary N) is 1. The fourth-order valence-corrected chi connectivity index (χ4v) is 1.77. The fourth-order valence-electron chi connectivity index (χ4n) is 1.77. The molecule has 1 aromatic heterocycles. The molecule has 0 aliphatic carbocycles. The van der Waals surface area contributed by atoms with E-state index in [2.05, 4.69) is 5.32 Å². The number of amides is 1. The number of carbonyl (C=O) groups excluding carboxylic acids is 1. The SMILES string of the molecule is Cc1ccc([C@H](C)N[C@@H](C)C(=O)N(C)C(C)C)o1. The summed E-state index contributed by atoms with van der Waals surface area (Å²) in [4.78, 5) is 13.8. The van der Waals surface area contributed by atoms with E-state index in [1.54, 1.807) is 4.90 Å². The molecule has 0 spiro atoms. The van der Waals surface area contributed by atoms with Gasteiger partial charge in [-0.3, -0.25) is 10.1 Å². The number of aryl methyl sites for hydroxylation is 1. The first-order valence-corrected chi connectivity index (χ1v) is 6.42. The van der Waals surface area contributed by atoms with Gasteiger partial charge in [0, 0.05) is 13.1 Å². The Morgan fingerprint density at radius 3 is 2.33 bits per heavy atom. The van der Waals surface area contributed by atoms with Crippen LogP contribution >= 0.6 is 0 Å². The molecule has 2 atom stereocenters. The Hall–Kier alpha value is -1.29. The summed E-state index contributed by atoms with van der Waals surface area (Å²) < 4.78 is 5.55. The number of likely N-dealkylation sites (N-methyl/N-ethyl adjacent to an activating group) is 1. The van der Waals surface area contributed by atoms with Crippen molar-refractivity contribution < 1.29 is 9.21 Å². The highest BCUT2D eigenvalue weighted by Crippen LogP contribution is 2.16. The fraction of sp³-hybridized carbons (Fsp3) is 0.643. The number of rotatable bonds is 5. The lowest BCUT2D eigenvalue weighted by Gasteiger charge is -2.27. The summed E-state index contributed by atoms with van der Waals surface area (Å²) in [6.45, 7) is 9.80. The molecule has 18 heavy (non-hydrogen) atoms. The summed E-state index contributed by atoms with van der Waals surface area (Å²) in [6, 6.07) is 3.88. The van der Waals surface area contributed by atoms with Gasteiger partial charge >= 0.3 is 0 Å². The Kier molecular flexibility index (Phi) is 4.96. The van der Waals surface area contributed by atoms with E-state index in [1.165, 1.54) is 0 Å². The summed E-state index contributed by atoms with van der Waals surface area (Å²) in [5.74, 6) is 1.84. The zero-order valence-corrected chi connectivity index (χ0v) is 12.2. The van der Waals surface area contributed by atoms with Gasteiger partial charge in [0.2, 0.25) is 5.91 Å². The van der Waals surface area contributed by atoms with Crippen LogP contribution in [0.15, 0.2) is 16.5 Å². The second kappa shape index (κ2) is 6.05. The van der Waals surface area contributed by atoms with Gasteiger partial charge in [0.05, 0.1) is 12.1 Å². The van der Waals surface area contributed by atoms with Crippen LogP contribution in [0.3, 0.4) is 0 Å². The topological polar surface area (TPSA) is 45.5 Å². The number of hydrogen-bond acceptors (Lipinski definition) is 3. The molecule has 102 valence electrons. The lowest BCUT2D eigenvalue weighted by atomic mass is 10.2. The van der Waals surface area contributed by atoms with Crippen LogP contribution in [0.2, 0.25) is 0 Å². The largest absolute Gasteiger partial charge is 0.465 e. The van der Waals surface area contributed by atoms with Crippen molar-refractivity contribution in [3.8, 4) is 0 Å². The van der Waals surface area contributed by atoms with E-state index in [-0.39, 0.29) is 24.0 Å². The van der Waals surface area contributed by atoms with Gasteiger partial charge in [-0.1, -0.05) is 0 Å². The number of carbonyl (C=O) groups is 1. The first-order chi connectivity index (χ1) is 8.32. The van der Waals surface area contributed by atoms with Gasteiger partial charge in [0.15, 0.2) is 0 Å². The quantitative estimate of drug-likeness (QED) is 0.875. The molecule has 0 saturated heterocycles. The summed E-state index contributed by atoms with van der Waals surface area (Å²) in [5, 5.41) is 3.26. The predicted octanol–water partition coefficient (Wildman–Crippen LogP) is 2.49. The second-order valence-electron chi connectivity index (χ2n) is 5.10. The normalized spacial score (nSPS) is 14.6. The smallest absolute Gasteiger partial charge is 0.239 e. The van der Waals surface area contributed by atoms with E-state index in [0.717, 1.165) is 11.5 Å². The maximum Gasteiger partial charge on any atom is 0.239 e. The van der Waals surface area contributed by atoms with Crippen LogP contribution in [-0.4, -0.2) is 29.9 Å². The molecule has 0 aromatic carbocycles. The Morgan fingerprint density at radius 2 is 1.89 bits per heavy atom. The summed E-state index contributed by atoms with van der Waals surface area (Å²) in [6.07, 6.45) is 0. The molecule has 1 amide bonds. The van der Waals surface area contributed by atoms with Crippen molar-refractivity contribution in [2.75, 3.05) is 7.05 Å². The van der Waals surface area contributed by atoms with Crippen LogP contribution in [0.5, 0.6) is 0 Å². The highest BCUT2D eigenvalue weighted by molar-refractivity contribution is 5.81. The van der Waals surface area contributed by atoms with Gasteiger partial charge in [-0.2, -0.15) is 0 Å². The van der Waals surface area contributed by atoms with Gasteiger partial charge in [0.25, 0.3) is 0 Å². The molecule has 1 N–H and O–H groups in total. The minimum absolute atomic E-state index is 0.0261. The zero-order valence-electron chi connectivity index (χ0n) is 12.2. The van der Waals surface area contributed by atoms with Gasteiger partial charge in [0.1, 0.15) is 11.5 Å². The van der Waals surface area contributed by atoms with E-state index in [1.807, 2.05) is 53.8 Å². The third kappa shape index (κ3) is 3.60. The van der Waals surface area contributed by atoms with Crippen LogP contribution in [0.1, 0.15) is 45.3 Å². The first kappa shape index (κ1) is 14.8. The first-order valence-electron chi connectivity index (χ1n) is 6.42. The highest BCUT2D eigenvalue weighted by Gasteiger charge is 2.22. The monoisotopic (exact) mass is 252 g/mol. The maximum atomic E-state index is 12.1. The molecule has 0 radical (unpaired) electrons. The Balaban J connectivity index is 2.59. The van der Waals surface area contributed by atoms with Crippen LogP contribution in [-0.2, 0) is 4.79 Å². The molecular formula is C14H24N2O2. The third-order valence-corrected chi connectivity index (χ3v) is 3.18. The minimum atomic E-state index is -0.224. The molecule has 0 unspecified atom stereocenters. The van der Waals surface area contributed by atoms with Crippen molar-refractivity contribution in [3.05, 3.63) is 23.7 Å². The number of nitrogens with zero attached hydrogens (tertiary/aromatic N) is 1. The van der Waals surface area contributed by atoms with E-state index in [0.29, 0.717) is 0 Å². The summed E-state index contributed by atoms with van der Waals surface area (Å²) in [7, 11) is 1.83. The molecule has 1 aromatic rings. The predicted molar refractivity (Wildman–Crippen MR) is 72.4 cm³/mol. The number of hydrogen-bond donors (Lipinski definition) is 1. The lowest BCUT2D eigenvalue weighted by Crippen LogP contribution is -2.46. The van der Waals surface area contributed by atoms with Crippen LogP contribution in [0.4, 0.5) is 0 Å². The van der Waals surface area contributed by atoms with Crippen LogP contribution in [0.25, 0.3) is 0 Å². The van der Waals surface area contributed by atoms with Gasteiger partial charge in [-0.25, -0.2) is 0 Å². The van der Waals surface area contributed by atoms with Crippen molar-refractivity contribution >= 4 is 5.91 Å². The summed E-state index contributed by atoms with van der Waals surface area (Å²) in [5.41, 5.74) is 0. The van der Waals surface area contributed by atoms with Crippen molar-refractivity contribution in [2.45, 2.75) is 52.7 Å². The molecule has 4 nitrogen and oxygen atoms in total. The highest BCUT2D eigenvalue weighted by atomic mass is 16.3. The molecule has 0 aliphatic rings. The summed E-state index contributed by atoms with van der Waals surface area (Å²) >= 11 is 0. The zero-order chi connectivity index (χ0) is 13.9. The standard InChI is InChI=1S/C14H24N2O2/c1-9(2)16(6)14(17)12(5)15-11(4)13-8-7-10(3)18-13/h7-9,11-12,15H,1-6H3/t11-,12-/m0/s1. The lowest BCUT2D eigenvalue weighted by molar-refractivity contribution is -0.133. The molecule has 4 heteroatoms. The molecule has 0 aliphatic heterocycles. The van der Waals surface area contributed by atoms with E-state index in [9.17, 15) is 4.79 Å². The molecule has 1 rings (SSSR count). The average molecular weight is 252 g/mol. The second-order valence-corrected chi connectivity index (χ2v) is 5.10. The van der Waals surface area contributed by atoms with Crippen molar-refractivity contribution in [1.82, 2.24) is 10.2 Å². The van der Waals surface area contributed by atoms with Crippen LogP contribution < -0.4 is 5.32 Å². The van der Waals surface area contributed by atoms with Crippen molar-refractivity contribution in [3.63, 3.8) is 0 Å². The molecule has 0 bridgehead atoms. The minimum Gasteiger partial charge on any atom is -0.465 e. The van der Waals surface area contributed by atoms with Gasteiger partial charge < -0.3 is 9.32 Å². The maximum absolute atomic E-state index is 12.1. The van der Waals surface area contributed by atoms with E-state index < -0.39 is 0 Å². The van der Waals surface area contributed by atoms with Gasteiger partial charge in [-0.15, -0.1) is 0 Å². The Bertz CT molecular complexity index is 398. The Labute approximate surface area is 109 Å². The third-order valence-electron chi connectivity index (χ3n) is 3.18. The molecule has 0 saturated carbocycles. The number of furan rings is 1. The molecule has 0 fully saturated rings. The van der Waals surface area contributed by atoms with Crippen molar-refractivity contribution in [2.24, 2.45) is 0 Å². The van der Waals surface area contributed by atoms with E-state index in [4.69, 9.17) is 4.42 Å². The molecule has 1 heterocycles. The average Bonchev–Trinajstić information content (AvgIpc) is 2.73. The van der Waals surface area contributed by atoms with Crippen molar-refractivity contribution in [1.29, 1.82) is 0 Å². The van der Waals surface area contributed by atoms with Crippen LogP contribution in [0, 0.1) is 6.92 Å². The molecular weight excluding hydrogens is 228 g/mol. The Morgan fingerprint density at radius 1 is 1.28 bits per heavy atom.